The number of nitrogens with one attached hydrogen (secondary N) is 1. The summed E-state index contributed by atoms with van der Waals surface area (Å²) in [6.07, 6.45) is 1.93. The molecule has 0 aliphatic heterocycles. The van der Waals surface area contributed by atoms with Crippen molar-refractivity contribution in [2.75, 3.05) is 13.1 Å². The van der Waals surface area contributed by atoms with Gasteiger partial charge in [-0.15, -0.1) is 0 Å². The Kier molecular flexibility index (Phi) is 5.33. The molecule has 1 rings (SSSR count). The topological polar surface area (TPSA) is 12.0 Å². The summed E-state index contributed by atoms with van der Waals surface area (Å²) < 4.78 is 13.3. The third kappa shape index (κ3) is 4.43. The molecule has 0 fully saturated rings. The van der Waals surface area contributed by atoms with Crippen LogP contribution in [0, 0.1) is 11.7 Å². The van der Waals surface area contributed by atoms with Crippen LogP contribution >= 0.6 is 0 Å². The minimum atomic E-state index is -0.0761. The fraction of sp³-hybridized carbons (Fsp3) is 0.538. The van der Waals surface area contributed by atoms with E-state index < -0.39 is 0 Å². The van der Waals surface area contributed by atoms with E-state index in [1.54, 1.807) is 6.07 Å². The summed E-state index contributed by atoms with van der Waals surface area (Å²) in [5, 5.41) is 3.29. The summed E-state index contributed by atoms with van der Waals surface area (Å²) in [6, 6.07) is 7.04. The van der Waals surface area contributed by atoms with Crippen molar-refractivity contribution in [2.45, 2.75) is 26.7 Å². The van der Waals surface area contributed by atoms with E-state index in [1.807, 2.05) is 12.1 Å². The third-order valence-corrected chi connectivity index (χ3v) is 2.59. The Bertz CT molecular complexity index is 286. The van der Waals surface area contributed by atoms with Crippen molar-refractivity contribution >= 4 is 0 Å². The van der Waals surface area contributed by atoms with E-state index in [2.05, 4.69) is 19.2 Å². The Labute approximate surface area is 91.7 Å². The van der Waals surface area contributed by atoms with E-state index >= 15 is 0 Å². The Morgan fingerprint density at radius 1 is 1.33 bits per heavy atom. The van der Waals surface area contributed by atoms with Crippen LogP contribution in [0.5, 0.6) is 0 Å². The predicted molar refractivity (Wildman–Crippen MR) is 62.4 cm³/mol. The summed E-state index contributed by atoms with van der Waals surface area (Å²) in [5.74, 6) is 0.453. The van der Waals surface area contributed by atoms with Gasteiger partial charge in [-0.1, -0.05) is 32.0 Å². The van der Waals surface area contributed by atoms with Crippen molar-refractivity contribution in [3.63, 3.8) is 0 Å². The van der Waals surface area contributed by atoms with Crippen molar-refractivity contribution in [3.05, 3.63) is 35.6 Å². The monoisotopic (exact) mass is 209 g/mol. The second-order valence-electron chi connectivity index (χ2n) is 4.04. The molecule has 0 radical (unpaired) electrons. The van der Waals surface area contributed by atoms with Gasteiger partial charge < -0.3 is 5.32 Å². The summed E-state index contributed by atoms with van der Waals surface area (Å²) >= 11 is 0. The Hall–Kier alpha value is -0.890. The van der Waals surface area contributed by atoms with Crippen molar-refractivity contribution < 1.29 is 4.39 Å². The third-order valence-electron chi connectivity index (χ3n) is 2.59. The lowest BCUT2D eigenvalue weighted by Crippen LogP contribution is -2.17. The van der Waals surface area contributed by atoms with E-state index in [4.69, 9.17) is 0 Å². The lowest BCUT2D eigenvalue weighted by Gasteiger charge is -2.12. The normalized spacial score (nSPS) is 12.7. The number of rotatable bonds is 6. The van der Waals surface area contributed by atoms with E-state index in [-0.39, 0.29) is 5.82 Å². The summed E-state index contributed by atoms with van der Waals surface area (Å²) in [4.78, 5) is 0. The van der Waals surface area contributed by atoms with Crippen LogP contribution in [0.15, 0.2) is 24.3 Å². The molecule has 0 aliphatic carbocycles. The molecule has 0 saturated carbocycles. The largest absolute Gasteiger partial charge is 0.317 e. The van der Waals surface area contributed by atoms with Gasteiger partial charge in [0.25, 0.3) is 0 Å². The van der Waals surface area contributed by atoms with E-state index in [1.165, 1.54) is 6.07 Å². The van der Waals surface area contributed by atoms with Crippen molar-refractivity contribution in [1.82, 2.24) is 5.32 Å². The molecule has 0 spiro atoms. The first-order valence-corrected chi connectivity index (χ1v) is 5.68. The molecule has 1 nitrogen and oxygen atoms in total. The van der Waals surface area contributed by atoms with Gasteiger partial charge in [-0.05, 0) is 43.5 Å². The van der Waals surface area contributed by atoms with Gasteiger partial charge in [0.1, 0.15) is 5.82 Å². The van der Waals surface area contributed by atoms with Gasteiger partial charge in [0, 0.05) is 0 Å². The average Bonchev–Trinajstić information content (AvgIpc) is 2.22. The molecule has 1 aromatic carbocycles. The molecule has 15 heavy (non-hydrogen) atoms. The summed E-state index contributed by atoms with van der Waals surface area (Å²) in [7, 11) is 0. The van der Waals surface area contributed by atoms with Crippen LogP contribution < -0.4 is 5.32 Å². The molecule has 84 valence electrons. The molecule has 0 amide bonds. The maximum Gasteiger partial charge on any atom is 0.126 e. The molecule has 2 heteroatoms. The van der Waals surface area contributed by atoms with Crippen LogP contribution in [0.25, 0.3) is 0 Å². The minimum Gasteiger partial charge on any atom is -0.317 e. The first kappa shape index (κ1) is 12.2. The zero-order valence-corrected chi connectivity index (χ0v) is 9.59. The molecule has 0 bridgehead atoms. The van der Waals surface area contributed by atoms with Gasteiger partial charge in [0.05, 0.1) is 0 Å². The Morgan fingerprint density at radius 2 is 2.07 bits per heavy atom. The fourth-order valence-corrected chi connectivity index (χ4v) is 1.67. The first-order chi connectivity index (χ1) is 7.24. The zero-order chi connectivity index (χ0) is 11.1. The SMILES string of the molecule is CCNCCC(C)Cc1ccccc1F. The molecule has 0 saturated heterocycles. The smallest absolute Gasteiger partial charge is 0.126 e. The number of hydrogen-bond acceptors (Lipinski definition) is 1. The van der Waals surface area contributed by atoms with Gasteiger partial charge in [-0.3, -0.25) is 0 Å². The number of halogens is 1. The molecular formula is C13H20FN. The Balaban J connectivity index is 2.37. The van der Waals surface area contributed by atoms with Crippen molar-refractivity contribution in [2.24, 2.45) is 5.92 Å². The van der Waals surface area contributed by atoms with E-state index in [0.717, 1.165) is 31.5 Å². The van der Waals surface area contributed by atoms with Gasteiger partial charge in [-0.2, -0.15) is 0 Å². The maximum absolute atomic E-state index is 13.3. The van der Waals surface area contributed by atoms with Crippen LogP contribution in [0.1, 0.15) is 25.8 Å². The van der Waals surface area contributed by atoms with Crippen LogP contribution in [-0.4, -0.2) is 13.1 Å². The van der Waals surface area contributed by atoms with Crippen LogP contribution in [0.2, 0.25) is 0 Å². The van der Waals surface area contributed by atoms with Crippen LogP contribution in [0.3, 0.4) is 0 Å². The molecule has 0 heterocycles. The average molecular weight is 209 g/mol. The van der Waals surface area contributed by atoms with E-state index in [0.29, 0.717) is 5.92 Å². The highest BCUT2D eigenvalue weighted by Gasteiger charge is 2.06. The second-order valence-corrected chi connectivity index (χ2v) is 4.04. The second kappa shape index (κ2) is 6.57. The fourth-order valence-electron chi connectivity index (χ4n) is 1.67. The molecule has 0 aliphatic rings. The van der Waals surface area contributed by atoms with Crippen molar-refractivity contribution in [3.8, 4) is 0 Å². The molecule has 0 aromatic heterocycles. The highest BCUT2D eigenvalue weighted by molar-refractivity contribution is 5.17. The van der Waals surface area contributed by atoms with Crippen LogP contribution in [-0.2, 0) is 6.42 Å². The van der Waals surface area contributed by atoms with Gasteiger partial charge in [0.2, 0.25) is 0 Å². The predicted octanol–water partition coefficient (Wildman–Crippen LogP) is 3.00. The van der Waals surface area contributed by atoms with Crippen molar-refractivity contribution in [1.29, 1.82) is 0 Å². The molecule has 1 aromatic rings. The van der Waals surface area contributed by atoms with Gasteiger partial charge in [0.15, 0.2) is 0 Å². The minimum absolute atomic E-state index is 0.0761. The molecular weight excluding hydrogens is 189 g/mol. The highest BCUT2D eigenvalue weighted by Crippen LogP contribution is 2.14. The van der Waals surface area contributed by atoms with Gasteiger partial charge >= 0.3 is 0 Å². The number of hydrogen-bond donors (Lipinski definition) is 1. The zero-order valence-electron chi connectivity index (χ0n) is 9.59. The molecule has 1 unspecified atom stereocenters. The lowest BCUT2D eigenvalue weighted by molar-refractivity contribution is 0.491. The maximum atomic E-state index is 13.3. The first-order valence-electron chi connectivity index (χ1n) is 5.68. The summed E-state index contributed by atoms with van der Waals surface area (Å²) in [5.41, 5.74) is 0.835. The molecule has 1 atom stereocenters. The summed E-state index contributed by atoms with van der Waals surface area (Å²) in [6.45, 7) is 6.30. The Morgan fingerprint density at radius 3 is 2.73 bits per heavy atom. The standard InChI is InChI=1S/C13H20FN/c1-3-15-9-8-11(2)10-12-6-4-5-7-13(12)14/h4-7,11,15H,3,8-10H2,1-2H3. The van der Waals surface area contributed by atoms with Gasteiger partial charge in [-0.25, -0.2) is 4.39 Å². The van der Waals surface area contributed by atoms with Crippen LogP contribution in [0.4, 0.5) is 4.39 Å². The molecule has 1 N–H and O–H groups in total. The highest BCUT2D eigenvalue weighted by atomic mass is 19.1. The number of benzene rings is 1. The quantitative estimate of drug-likeness (QED) is 0.710. The lowest BCUT2D eigenvalue weighted by atomic mass is 9.98. The van der Waals surface area contributed by atoms with E-state index in [9.17, 15) is 4.39 Å².